The quantitative estimate of drug-likeness (QED) is 0.545. The van der Waals surface area contributed by atoms with E-state index in [0.29, 0.717) is 30.6 Å². The highest BCUT2D eigenvalue weighted by Crippen LogP contribution is 2.49. The zero-order chi connectivity index (χ0) is 22.0. The SMILES string of the molecule is COc1c(N2C[C@@H]3C(N)[C@@H]3C2)c(F)cc2c(=O)c(C(=O)O)cn(-c3ccc(O)cc3)c12.Cl. The molecule has 10 heteroatoms. The summed E-state index contributed by atoms with van der Waals surface area (Å²) in [6.45, 7) is 1.17. The smallest absolute Gasteiger partial charge is 0.341 e. The second-order valence-corrected chi connectivity index (χ2v) is 8.01. The molecule has 2 fully saturated rings. The standard InChI is InChI=1S/C22H20FN3O5.ClH/c1-31-21-18-12(6-16(23)19(21)25-7-13-14(8-25)17(13)24)20(28)15(22(29)30)9-26(18)10-2-4-11(27)5-3-10;/h2-6,9,13-14,17,27H,7-8,24H2,1H3,(H,29,30);1H/t13-,14+,17?;. The molecule has 1 aliphatic heterocycles. The number of carbonyl (C=O) groups is 1. The summed E-state index contributed by atoms with van der Waals surface area (Å²) < 4.78 is 22.4. The molecule has 1 aliphatic carbocycles. The van der Waals surface area contributed by atoms with E-state index in [2.05, 4.69) is 0 Å². The fourth-order valence-corrected chi connectivity index (χ4v) is 4.63. The summed E-state index contributed by atoms with van der Waals surface area (Å²) in [7, 11) is 1.39. The number of aromatic hydroxyl groups is 1. The number of nitrogens with two attached hydrogens (primary N) is 1. The Bertz CT molecular complexity index is 1280. The molecular formula is C22H21ClFN3O5. The van der Waals surface area contributed by atoms with Crippen molar-refractivity contribution in [3.05, 3.63) is 58.1 Å². The van der Waals surface area contributed by atoms with Gasteiger partial charge in [0.2, 0.25) is 5.43 Å². The van der Waals surface area contributed by atoms with Crippen LogP contribution in [0.2, 0.25) is 0 Å². The van der Waals surface area contributed by atoms with Gasteiger partial charge >= 0.3 is 5.97 Å². The summed E-state index contributed by atoms with van der Waals surface area (Å²) in [5, 5.41) is 19.1. The van der Waals surface area contributed by atoms with Crippen molar-refractivity contribution < 1.29 is 24.1 Å². The normalized spacial score (nSPS) is 21.2. The molecule has 4 N–H and O–H groups in total. The van der Waals surface area contributed by atoms with E-state index < -0.39 is 22.8 Å². The highest BCUT2D eigenvalue weighted by atomic mass is 35.5. The summed E-state index contributed by atoms with van der Waals surface area (Å²) >= 11 is 0. The summed E-state index contributed by atoms with van der Waals surface area (Å²) in [5.74, 6) is -1.31. The van der Waals surface area contributed by atoms with Gasteiger partial charge in [0.15, 0.2) is 11.6 Å². The molecule has 2 aliphatic rings. The van der Waals surface area contributed by atoms with Crippen molar-refractivity contribution in [2.24, 2.45) is 17.6 Å². The average molecular weight is 462 g/mol. The lowest BCUT2D eigenvalue weighted by atomic mass is 10.1. The number of piperidine rings is 1. The first kappa shape index (κ1) is 21.9. The van der Waals surface area contributed by atoms with Gasteiger partial charge in [0.05, 0.1) is 12.5 Å². The number of rotatable bonds is 4. The first-order valence-electron chi connectivity index (χ1n) is 9.81. The van der Waals surface area contributed by atoms with E-state index in [1.54, 1.807) is 12.1 Å². The van der Waals surface area contributed by atoms with Gasteiger partial charge in [-0.15, -0.1) is 12.4 Å². The predicted octanol–water partition coefficient (Wildman–Crippen LogP) is 2.36. The first-order chi connectivity index (χ1) is 14.8. The number of hydrogen-bond acceptors (Lipinski definition) is 6. The van der Waals surface area contributed by atoms with Crippen LogP contribution in [-0.4, -0.2) is 47.0 Å². The van der Waals surface area contributed by atoms with Gasteiger partial charge in [-0.3, -0.25) is 4.79 Å². The predicted molar refractivity (Wildman–Crippen MR) is 119 cm³/mol. The Labute approximate surface area is 188 Å². The lowest BCUT2D eigenvalue weighted by molar-refractivity contribution is 0.0695. The Morgan fingerprint density at radius 3 is 2.41 bits per heavy atom. The maximum absolute atomic E-state index is 15.3. The second-order valence-electron chi connectivity index (χ2n) is 8.01. The second kappa shape index (κ2) is 7.68. The van der Waals surface area contributed by atoms with Crippen molar-refractivity contribution in [3.63, 3.8) is 0 Å². The van der Waals surface area contributed by atoms with Crippen LogP contribution in [0, 0.1) is 17.7 Å². The third kappa shape index (κ3) is 3.16. The van der Waals surface area contributed by atoms with E-state index in [-0.39, 0.29) is 46.5 Å². The van der Waals surface area contributed by atoms with E-state index >= 15 is 4.39 Å². The van der Waals surface area contributed by atoms with Gasteiger partial charge in [-0.05, 0) is 42.2 Å². The molecule has 1 saturated carbocycles. The van der Waals surface area contributed by atoms with E-state index in [1.165, 1.54) is 30.0 Å². The number of benzene rings is 2. The van der Waals surface area contributed by atoms with E-state index in [9.17, 15) is 19.8 Å². The van der Waals surface area contributed by atoms with Gasteiger partial charge in [0.1, 0.15) is 22.5 Å². The van der Waals surface area contributed by atoms with Crippen LogP contribution in [0.5, 0.6) is 11.5 Å². The molecule has 3 atom stereocenters. The number of halogens is 2. The van der Waals surface area contributed by atoms with Gasteiger partial charge in [-0.25, -0.2) is 9.18 Å². The lowest BCUT2D eigenvalue weighted by Gasteiger charge is -2.26. The van der Waals surface area contributed by atoms with Crippen LogP contribution >= 0.6 is 12.4 Å². The van der Waals surface area contributed by atoms with E-state index in [0.717, 1.165) is 6.07 Å². The minimum atomic E-state index is -1.42. The number of nitrogens with zero attached hydrogens (tertiary/aromatic N) is 2. The van der Waals surface area contributed by atoms with Crippen molar-refractivity contribution in [1.82, 2.24) is 4.57 Å². The molecule has 2 aromatic carbocycles. The number of fused-ring (bicyclic) bond motifs is 2. The molecule has 32 heavy (non-hydrogen) atoms. The van der Waals surface area contributed by atoms with Crippen LogP contribution in [0.4, 0.5) is 10.1 Å². The van der Waals surface area contributed by atoms with Crippen molar-refractivity contribution in [2.75, 3.05) is 25.1 Å². The van der Waals surface area contributed by atoms with Crippen molar-refractivity contribution in [2.45, 2.75) is 6.04 Å². The molecule has 1 aromatic heterocycles. The molecule has 0 amide bonds. The monoisotopic (exact) mass is 461 g/mol. The van der Waals surface area contributed by atoms with E-state index in [4.69, 9.17) is 10.5 Å². The number of aromatic nitrogens is 1. The zero-order valence-electron chi connectivity index (χ0n) is 17.0. The van der Waals surface area contributed by atoms with Crippen molar-refractivity contribution >= 4 is 35.0 Å². The van der Waals surface area contributed by atoms with E-state index in [1.807, 2.05) is 4.90 Å². The Morgan fingerprint density at radius 1 is 1.22 bits per heavy atom. The van der Waals surface area contributed by atoms with Gasteiger partial charge < -0.3 is 30.2 Å². The number of carboxylic acids is 1. The number of anilines is 1. The molecule has 5 rings (SSSR count). The average Bonchev–Trinajstić information content (AvgIpc) is 3.13. The van der Waals surface area contributed by atoms with Crippen LogP contribution in [-0.2, 0) is 0 Å². The number of methoxy groups -OCH3 is 1. The summed E-state index contributed by atoms with van der Waals surface area (Å²) in [6, 6.07) is 7.20. The van der Waals surface area contributed by atoms with Crippen LogP contribution in [0.1, 0.15) is 10.4 Å². The maximum atomic E-state index is 15.3. The van der Waals surface area contributed by atoms with Gasteiger partial charge in [0, 0.05) is 31.0 Å². The number of hydrogen-bond donors (Lipinski definition) is 3. The molecule has 8 nitrogen and oxygen atoms in total. The Hall–Kier alpha value is -3.30. The van der Waals surface area contributed by atoms with Crippen LogP contribution in [0.15, 0.2) is 41.3 Å². The molecule has 1 saturated heterocycles. The molecular weight excluding hydrogens is 441 g/mol. The Kier molecular flexibility index (Phi) is 5.26. The fraction of sp³-hybridized carbons (Fsp3) is 0.273. The fourth-order valence-electron chi connectivity index (χ4n) is 4.63. The first-order valence-corrected chi connectivity index (χ1v) is 9.81. The summed E-state index contributed by atoms with van der Waals surface area (Å²) in [4.78, 5) is 26.4. The number of phenolic OH excluding ortho intramolecular Hbond substituents is 1. The molecule has 0 spiro atoms. The Balaban J connectivity index is 0.00000245. The summed E-state index contributed by atoms with van der Waals surface area (Å²) in [5.41, 5.74) is 5.68. The number of carboxylic acid groups (broad SMARTS) is 1. The van der Waals surface area contributed by atoms with Crippen LogP contribution in [0.3, 0.4) is 0 Å². The minimum Gasteiger partial charge on any atom is -0.508 e. The zero-order valence-corrected chi connectivity index (χ0v) is 17.8. The van der Waals surface area contributed by atoms with Crippen LogP contribution < -0.4 is 20.8 Å². The lowest BCUT2D eigenvalue weighted by Crippen LogP contribution is -2.29. The highest BCUT2D eigenvalue weighted by Gasteiger charge is 2.54. The Morgan fingerprint density at radius 2 is 1.84 bits per heavy atom. The van der Waals surface area contributed by atoms with Gasteiger partial charge in [0.25, 0.3) is 0 Å². The third-order valence-electron chi connectivity index (χ3n) is 6.31. The summed E-state index contributed by atoms with van der Waals surface area (Å²) in [6.07, 6.45) is 1.20. The molecule has 168 valence electrons. The largest absolute Gasteiger partial charge is 0.508 e. The maximum Gasteiger partial charge on any atom is 0.341 e. The molecule has 0 radical (unpaired) electrons. The number of pyridine rings is 1. The third-order valence-corrected chi connectivity index (χ3v) is 6.31. The molecule has 2 heterocycles. The minimum absolute atomic E-state index is 0. The van der Waals surface area contributed by atoms with Crippen LogP contribution in [0.25, 0.3) is 16.6 Å². The number of phenols is 1. The van der Waals surface area contributed by atoms with Crippen molar-refractivity contribution in [1.29, 1.82) is 0 Å². The number of ether oxygens (including phenoxy) is 1. The number of aromatic carboxylic acids is 1. The molecule has 1 unspecified atom stereocenters. The molecule has 3 aromatic rings. The molecule has 0 bridgehead atoms. The highest BCUT2D eigenvalue weighted by molar-refractivity contribution is 5.98. The topological polar surface area (TPSA) is 118 Å². The van der Waals surface area contributed by atoms with Crippen molar-refractivity contribution in [3.8, 4) is 17.2 Å². The van der Waals surface area contributed by atoms with Gasteiger partial charge in [-0.2, -0.15) is 0 Å². The van der Waals surface area contributed by atoms with Gasteiger partial charge in [-0.1, -0.05) is 0 Å².